The van der Waals surface area contributed by atoms with Gasteiger partial charge in [0.15, 0.2) is 10.0 Å². The molecule has 4 aromatic heterocycles. The van der Waals surface area contributed by atoms with Crippen LogP contribution in [0.4, 0.5) is 5.13 Å². The first-order chi connectivity index (χ1) is 12.2. The minimum absolute atomic E-state index is 0.214. The molecule has 0 saturated heterocycles. The lowest BCUT2D eigenvalue weighted by Gasteiger charge is -1.95. The van der Waals surface area contributed by atoms with Crippen LogP contribution in [-0.4, -0.2) is 30.6 Å². The van der Waals surface area contributed by atoms with Crippen molar-refractivity contribution in [3.8, 4) is 0 Å². The summed E-state index contributed by atoms with van der Waals surface area (Å²) in [5, 5.41) is 14.8. The number of nitrogens with one attached hydrogen (secondary N) is 1. The molecule has 1 N–H and O–H groups in total. The van der Waals surface area contributed by atoms with Crippen molar-refractivity contribution in [1.82, 2.24) is 24.7 Å². The molecule has 0 unspecified atom stereocenters. The van der Waals surface area contributed by atoms with Gasteiger partial charge < -0.3 is 8.92 Å². The van der Waals surface area contributed by atoms with Crippen LogP contribution in [0.3, 0.4) is 0 Å². The van der Waals surface area contributed by atoms with Gasteiger partial charge in [-0.1, -0.05) is 34.3 Å². The minimum Gasteiger partial charge on any atom is -0.361 e. The van der Waals surface area contributed by atoms with Crippen LogP contribution in [-0.2, 0) is 5.75 Å². The van der Waals surface area contributed by atoms with Crippen molar-refractivity contribution in [1.29, 1.82) is 0 Å². The maximum atomic E-state index is 12.0. The highest BCUT2D eigenvalue weighted by Gasteiger charge is 2.14. The van der Waals surface area contributed by atoms with E-state index in [1.54, 1.807) is 13.0 Å². The van der Waals surface area contributed by atoms with Crippen molar-refractivity contribution in [3.05, 3.63) is 53.8 Å². The lowest BCUT2D eigenvalue weighted by Crippen LogP contribution is -2.11. The van der Waals surface area contributed by atoms with E-state index < -0.39 is 0 Å². The molecule has 0 radical (unpaired) electrons. The van der Waals surface area contributed by atoms with E-state index in [-0.39, 0.29) is 11.6 Å². The fourth-order valence-electron chi connectivity index (χ4n) is 2.15. The van der Waals surface area contributed by atoms with Gasteiger partial charge in [-0.05, 0) is 19.1 Å². The maximum Gasteiger partial charge on any atom is 0.279 e. The Labute approximate surface area is 150 Å². The van der Waals surface area contributed by atoms with Gasteiger partial charge in [0.1, 0.15) is 11.4 Å². The number of anilines is 1. The lowest BCUT2D eigenvalue weighted by atomic mass is 10.4. The van der Waals surface area contributed by atoms with Gasteiger partial charge in [-0.3, -0.25) is 10.1 Å². The Balaban J connectivity index is 1.38. The number of carbonyl (C=O) groups excluding carboxylic acids is 1. The van der Waals surface area contributed by atoms with Crippen molar-refractivity contribution < 1.29 is 9.32 Å². The van der Waals surface area contributed by atoms with Gasteiger partial charge in [0.05, 0.1) is 5.69 Å². The van der Waals surface area contributed by atoms with Gasteiger partial charge in [-0.2, -0.15) is 0 Å². The normalized spacial score (nSPS) is 11.1. The number of aromatic nitrogens is 5. The van der Waals surface area contributed by atoms with Crippen molar-refractivity contribution in [3.63, 3.8) is 0 Å². The molecule has 0 spiro atoms. The molecule has 0 aliphatic heterocycles. The fraction of sp³-hybridized carbons (Fsp3) is 0.133. The third-order valence-electron chi connectivity index (χ3n) is 3.24. The highest BCUT2D eigenvalue weighted by molar-refractivity contribution is 8.00. The Hall–Kier alpha value is -2.72. The molecule has 0 fully saturated rings. The number of pyridine rings is 1. The molecule has 10 heteroatoms. The summed E-state index contributed by atoms with van der Waals surface area (Å²) >= 11 is 2.82. The van der Waals surface area contributed by atoms with Gasteiger partial charge in [0.25, 0.3) is 5.91 Å². The molecule has 8 nitrogen and oxygen atoms in total. The zero-order valence-corrected chi connectivity index (χ0v) is 14.7. The Morgan fingerprint density at radius 3 is 3.12 bits per heavy atom. The summed E-state index contributed by atoms with van der Waals surface area (Å²) in [6, 6.07) is 7.44. The van der Waals surface area contributed by atoms with Crippen LogP contribution in [0.1, 0.15) is 21.9 Å². The molecular formula is C15H12N6O2S2. The number of fused-ring (bicyclic) bond motifs is 1. The summed E-state index contributed by atoms with van der Waals surface area (Å²) in [7, 11) is 0. The van der Waals surface area contributed by atoms with Crippen LogP contribution in [0.15, 0.2) is 45.5 Å². The van der Waals surface area contributed by atoms with Crippen LogP contribution in [0, 0.1) is 6.92 Å². The molecule has 126 valence electrons. The van der Waals surface area contributed by atoms with Crippen LogP contribution in [0.2, 0.25) is 0 Å². The van der Waals surface area contributed by atoms with E-state index >= 15 is 0 Å². The van der Waals surface area contributed by atoms with E-state index in [0.717, 1.165) is 15.7 Å². The summed E-state index contributed by atoms with van der Waals surface area (Å²) in [6.07, 6.45) is 3.94. The topological polar surface area (TPSA) is 98.2 Å². The second kappa shape index (κ2) is 6.65. The first-order valence-corrected chi connectivity index (χ1v) is 9.11. The smallest absolute Gasteiger partial charge is 0.279 e. The molecule has 0 atom stereocenters. The number of hydrogen-bond donors (Lipinski definition) is 1. The fourth-order valence-corrected chi connectivity index (χ4v) is 3.78. The van der Waals surface area contributed by atoms with Gasteiger partial charge in [-0.25, -0.2) is 4.98 Å². The predicted octanol–water partition coefficient (Wildman–Crippen LogP) is 3.03. The van der Waals surface area contributed by atoms with Gasteiger partial charge in [-0.15, -0.1) is 10.2 Å². The minimum atomic E-state index is -0.370. The highest BCUT2D eigenvalue weighted by atomic mass is 32.2. The van der Waals surface area contributed by atoms with E-state index in [4.69, 9.17) is 4.52 Å². The summed E-state index contributed by atoms with van der Waals surface area (Å²) < 4.78 is 7.61. The van der Waals surface area contributed by atoms with E-state index in [0.29, 0.717) is 16.6 Å². The number of nitrogens with zero attached hydrogens (tertiary/aromatic N) is 5. The zero-order chi connectivity index (χ0) is 17.2. The number of hydrogen-bond acceptors (Lipinski definition) is 8. The number of thioether (sulfide) groups is 1. The molecule has 0 bridgehead atoms. The maximum absolute atomic E-state index is 12.0. The first kappa shape index (κ1) is 15.8. The van der Waals surface area contributed by atoms with Crippen LogP contribution in [0.5, 0.6) is 0 Å². The summed E-state index contributed by atoms with van der Waals surface area (Å²) in [5.41, 5.74) is 2.08. The molecule has 4 heterocycles. The Kier molecular flexibility index (Phi) is 4.20. The molecule has 0 saturated carbocycles. The van der Waals surface area contributed by atoms with E-state index in [2.05, 4.69) is 25.7 Å². The van der Waals surface area contributed by atoms with Crippen molar-refractivity contribution in [2.75, 3.05) is 5.32 Å². The number of imidazole rings is 1. The number of aryl methyl sites for hydroxylation is 1. The van der Waals surface area contributed by atoms with Crippen LogP contribution >= 0.6 is 23.1 Å². The van der Waals surface area contributed by atoms with E-state index in [9.17, 15) is 4.79 Å². The number of carbonyl (C=O) groups is 1. The number of amides is 1. The average molecular weight is 372 g/mol. The van der Waals surface area contributed by atoms with Crippen molar-refractivity contribution in [2.45, 2.75) is 17.0 Å². The van der Waals surface area contributed by atoms with Crippen molar-refractivity contribution in [2.24, 2.45) is 0 Å². The molecule has 4 aromatic rings. The second-order valence-corrected chi connectivity index (χ2v) is 7.34. The molecule has 0 aliphatic rings. The third kappa shape index (κ3) is 3.54. The highest BCUT2D eigenvalue weighted by Crippen LogP contribution is 2.28. The van der Waals surface area contributed by atoms with E-state index in [1.165, 1.54) is 23.1 Å². The van der Waals surface area contributed by atoms with Crippen LogP contribution < -0.4 is 5.32 Å². The SMILES string of the molecule is Cc1cc(C(=O)Nc2nnc(SCc3cn4ccccc4n3)s2)no1. The molecule has 0 aromatic carbocycles. The largest absolute Gasteiger partial charge is 0.361 e. The Morgan fingerprint density at radius 2 is 2.32 bits per heavy atom. The predicted molar refractivity (Wildman–Crippen MR) is 93.9 cm³/mol. The quantitative estimate of drug-likeness (QED) is 0.425. The van der Waals surface area contributed by atoms with Gasteiger partial charge in [0.2, 0.25) is 5.13 Å². The molecule has 1 amide bonds. The molecule has 4 rings (SSSR count). The van der Waals surface area contributed by atoms with Crippen LogP contribution in [0.25, 0.3) is 5.65 Å². The zero-order valence-electron chi connectivity index (χ0n) is 13.0. The monoisotopic (exact) mass is 372 g/mol. The molecule has 25 heavy (non-hydrogen) atoms. The summed E-state index contributed by atoms with van der Waals surface area (Å²) in [6.45, 7) is 1.73. The molecule has 0 aliphatic carbocycles. The third-order valence-corrected chi connectivity index (χ3v) is 5.25. The van der Waals surface area contributed by atoms with E-state index in [1.807, 2.05) is 35.0 Å². The summed E-state index contributed by atoms with van der Waals surface area (Å²) in [4.78, 5) is 16.5. The van der Waals surface area contributed by atoms with Gasteiger partial charge in [0, 0.05) is 24.2 Å². The average Bonchev–Trinajstić information content (AvgIpc) is 3.31. The standard InChI is InChI=1S/C15H12N6O2S2/c1-9-6-11(20-23-9)13(22)17-14-18-19-15(25-14)24-8-10-7-21-5-3-2-4-12(21)16-10/h2-7H,8H2,1H3,(H,17,18,22). The summed E-state index contributed by atoms with van der Waals surface area (Å²) in [5.74, 6) is 0.878. The lowest BCUT2D eigenvalue weighted by molar-refractivity contribution is 0.101. The van der Waals surface area contributed by atoms with Crippen molar-refractivity contribution >= 4 is 39.8 Å². The Bertz CT molecular complexity index is 1000. The Morgan fingerprint density at radius 1 is 1.40 bits per heavy atom. The first-order valence-electron chi connectivity index (χ1n) is 7.31. The van der Waals surface area contributed by atoms with Gasteiger partial charge >= 0.3 is 0 Å². The number of rotatable bonds is 5. The second-order valence-electron chi connectivity index (χ2n) is 5.14. The molecular weight excluding hydrogens is 360 g/mol.